The summed E-state index contributed by atoms with van der Waals surface area (Å²) in [5, 5.41) is 4.10. The van der Waals surface area contributed by atoms with Crippen molar-refractivity contribution in [1.29, 1.82) is 0 Å². The lowest BCUT2D eigenvalue weighted by Crippen LogP contribution is -2.20. The van der Waals surface area contributed by atoms with Gasteiger partial charge in [0.1, 0.15) is 0 Å². The largest absolute Gasteiger partial charge is 0.372 e. The molecular formula is C12H15ClN2. The van der Waals surface area contributed by atoms with Gasteiger partial charge in [0.25, 0.3) is 0 Å². The third kappa shape index (κ3) is 2.72. The number of rotatable bonds is 3. The SMILES string of the molecule is CC(CC1=NCCN1)c1cccc(Cl)c1. The molecular weight excluding hydrogens is 208 g/mol. The lowest BCUT2D eigenvalue weighted by Gasteiger charge is -2.12. The molecule has 0 saturated heterocycles. The molecule has 0 radical (unpaired) electrons. The Labute approximate surface area is 95.4 Å². The third-order valence-corrected chi connectivity index (χ3v) is 2.90. The summed E-state index contributed by atoms with van der Waals surface area (Å²) in [6, 6.07) is 8.05. The zero-order valence-electron chi connectivity index (χ0n) is 8.83. The van der Waals surface area contributed by atoms with Crippen LogP contribution in [-0.4, -0.2) is 18.9 Å². The van der Waals surface area contributed by atoms with Gasteiger partial charge in [0.2, 0.25) is 0 Å². The summed E-state index contributed by atoms with van der Waals surface area (Å²) in [6.45, 7) is 4.10. The van der Waals surface area contributed by atoms with Gasteiger partial charge in [-0.15, -0.1) is 0 Å². The van der Waals surface area contributed by atoms with Crippen LogP contribution in [0.5, 0.6) is 0 Å². The van der Waals surface area contributed by atoms with Crippen molar-refractivity contribution in [2.75, 3.05) is 13.1 Å². The molecule has 0 saturated carbocycles. The molecule has 0 bridgehead atoms. The number of aliphatic imine (C=N–C) groups is 1. The van der Waals surface area contributed by atoms with E-state index in [1.54, 1.807) is 0 Å². The van der Waals surface area contributed by atoms with Crippen LogP contribution >= 0.6 is 11.6 Å². The van der Waals surface area contributed by atoms with Gasteiger partial charge in [0.15, 0.2) is 0 Å². The maximum atomic E-state index is 5.96. The second-order valence-electron chi connectivity index (χ2n) is 3.92. The van der Waals surface area contributed by atoms with Crippen molar-refractivity contribution in [2.24, 2.45) is 4.99 Å². The van der Waals surface area contributed by atoms with Crippen molar-refractivity contribution in [3.8, 4) is 0 Å². The minimum atomic E-state index is 0.466. The van der Waals surface area contributed by atoms with Crippen LogP contribution in [0.25, 0.3) is 0 Å². The molecule has 0 aromatic heterocycles. The first kappa shape index (κ1) is 10.5. The fraction of sp³-hybridized carbons (Fsp3) is 0.417. The lowest BCUT2D eigenvalue weighted by atomic mass is 9.97. The van der Waals surface area contributed by atoms with E-state index in [0.717, 1.165) is 30.4 Å². The van der Waals surface area contributed by atoms with E-state index in [1.807, 2.05) is 18.2 Å². The molecule has 1 N–H and O–H groups in total. The molecule has 3 heteroatoms. The van der Waals surface area contributed by atoms with Crippen LogP contribution in [0.15, 0.2) is 29.3 Å². The summed E-state index contributed by atoms with van der Waals surface area (Å²) in [5.41, 5.74) is 1.28. The van der Waals surface area contributed by atoms with Crippen molar-refractivity contribution in [3.05, 3.63) is 34.9 Å². The van der Waals surface area contributed by atoms with Gasteiger partial charge in [0.05, 0.1) is 12.4 Å². The van der Waals surface area contributed by atoms with Crippen LogP contribution in [0, 0.1) is 0 Å². The molecule has 1 aromatic carbocycles. The second kappa shape index (κ2) is 4.67. The van der Waals surface area contributed by atoms with Crippen molar-refractivity contribution in [2.45, 2.75) is 19.3 Å². The van der Waals surface area contributed by atoms with E-state index in [9.17, 15) is 0 Å². The monoisotopic (exact) mass is 222 g/mol. The predicted octanol–water partition coefficient (Wildman–Crippen LogP) is 2.84. The van der Waals surface area contributed by atoms with Gasteiger partial charge in [-0.2, -0.15) is 0 Å². The fourth-order valence-electron chi connectivity index (χ4n) is 1.80. The highest BCUT2D eigenvalue weighted by molar-refractivity contribution is 6.30. The first-order valence-electron chi connectivity index (χ1n) is 5.28. The van der Waals surface area contributed by atoms with E-state index in [0.29, 0.717) is 5.92 Å². The third-order valence-electron chi connectivity index (χ3n) is 2.66. The molecule has 2 nitrogen and oxygen atoms in total. The smallest absolute Gasteiger partial charge is 0.0970 e. The quantitative estimate of drug-likeness (QED) is 0.836. The molecule has 1 atom stereocenters. The van der Waals surface area contributed by atoms with Crippen LogP contribution in [0.3, 0.4) is 0 Å². The van der Waals surface area contributed by atoms with Crippen molar-refractivity contribution < 1.29 is 0 Å². The van der Waals surface area contributed by atoms with Gasteiger partial charge >= 0.3 is 0 Å². The van der Waals surface area contributed by atoms with Gasteiger partial charge in [-0.1, -0.05) is 30.7 Å². The Morgan fingerprint density at radius 2 is 2.40 bits per heavy atom. The fourth-order valence-corrected chi connectivity index (χ4v) is 2.00. The minimum Gasteiger partial charge on any atom is -0.372 e. The maximum Gasteiger partial charge on any atom is 0.0970 e. The first-order valence-corrected chi connectivity index (χ1v) is 5.66. The average Bonchev–Trinajstić information content (AvgIpc) is 2.70. The molecule has 15 heavy (non-hydrogen) atoms. The summed E-state index contributed by atoms with van der Waals surface area (Å²) in [7, 11) is 0. The Hall–Kier alpha value is -1.02. The van der Waals surface area contributed by atoms with E-state index in [2.05, 4.69) is 23.3 Å². The van der Waals surface area contributed by atoms with Gasteiger partial charge < -0.3 is 5.32 Å². The zero-order chi connectivity index (χ0) is 10.7. The van der Waals surface area contributed by atoms with Crippen LogP contribution in [0.1, 0.15) is 24.8 Å². The number of nitrogens with one attached hydrogen (secondary N) is 1. The van der Waals surface area contributed by atoms with Crippen LogP contribution in [-0.2, 0) is 0 Å². The van der Waals surface area contributed by atoms with Gasteiger partial charge in [-0.25, -0.2) is 0 Å². The molecule has 0 spiro atoms. The Morgan fingerprint density at radius 1 is 1.53 bits per heavy atom. The highest BCUT2D eigenvalue weighted by Crippen LogP contribution is 2.22. The first-order chi connectivity index (χ1) is 7.25. The van der Waals surface area contributed by atoms with E-state index < -0.39 is 0 Å². The van der Waals surface area contributed by atoms with E-state index >= 15 is 0 Å². The molecule has 80 valence electrons. The summed E-state index contributed by atoms with van der Waals surface area (Å²) in [6.07, 6.45) is 0.973. The van der Waals surface area contributed by atoms with E-state index in [1.165, 1.54) is 5.56 Å². The Kier molecular flexibility index (Phi) is 3.27. The predicted molar refractivity (Wildman–Crippen MR) is 64.8 cm³/mol. The molecule has 1 aliphatic rings. The molecule has 2 rings (SSSR count). The Bertz CT molecular complexity index is 374. The molecule has 0 amide bonds. The standard InChI is InChI=1S/C12H15ClN2/c1-9(7-12-14-5-6-15-12)10-3-2-4-11(13)8-10/h2-4,8-9H,5-7H2,1H3,(H,14,15). The summed E-state index contributed by atoms with van der Waals surface area (Å²) in [5.74, 6) is 1.59. The number of hydrogen-bond acceptors (Lipinski definition) is 2. The topological polar surface area (TPSA) is 24.4 Å². The van der Waals surface area contributed by atoms with Crippen LogP contribution in [0.2, 0.25) is 5.02 Å². The van der Waals surface area contributed by atoms with Crippen molar-refractivity contribution >= 4 is 17.4 Å². The van der Waals surface area contributed by atoms with E-state index in [4.69, 9.17) is 11.6 Å². The van der Waals surface area contributed by atoms with Gasteiger partial charge in [-0.3, -0.25) is 4.99 Å². The highest BCUT2D eigenvalue weighted by atomic mass is 35.5. The number of benzene rings is 1. The summed E-state index contributed by atoms with van der Waals surface area (Å²) in [4.78, 5) is 4.40. The Balaban J connectivity index is 2.04. The molecule has 0 aliphatic carbocycles. The second-order valence-corrected chi connectivity index (χ2v) is 4.35. The number of nitrogens with zero attached hydrogens (tertiary/aromatic N) is 1. The van der Waals surface area contributed by atoms with E-state index in [-0.39, 0.29) is 0 Å². The Morgan fingerprint density at radius 3 is 3.07 bits per heavy atom. The number of halogens is 1. The lowest BCUT2D eigenvalue weighted by molar-refractivity contribution is 0.789. The number of amidine groups is 1. The molecule has 1 aromatic rings. The normalized spacial score (nSPS) is 17.1. The average molecular weight is 223 g/mol. The number of hydrogen-bond donors (Lipinski definition) is 1. The van der Waals surface area contributed by atoms with Crippen molar-refractivity contribution in [3.63, 3.8) is 0 Å². The van der Waals surface area contributed by atoms with Gasteiger partial charge in [-0.05, 0) is 23.6 Å². The zero-order valence-corrected chi connectivity index (χ0v) is 9.59. The van der Waals surface area contributed by atoms with Gasteiger partial charge in [0, 0.05) is 18.0 Å². The summed E-state index contributed by atoms with van der Waals surface area (Å²) >= 11 is 5.96. The van der Waals surface area contributed by atoms with Crippen LogP contribution < -0.4 is 5.32 Å². The highest BCUT2D eigenvalue weighted by Gasteiger charge is 2.12. The van der Waals surface area contributed by atoms with Crippen molar-refractivity contribution in [1.82, 2.24) is 5.32 Å². The maximum absolute atomic E-state index is 5.96. The summed E-state index contributed by atoms with van der Waals surface area (Å²) < 4.78 is 0. The molecule has 0 fully saturated rings. The minimum absolute atomic E-state index is 0.466. The van der Waals surface area contributed by atoms with Crippen LogP contribution in [0.4, 0.5) is 0 Å². The molecule has 1 aliphatic heterocycles. The molecule has 1 heterocycles. The molecule has 1 unspecified atom stereocenters.